The molecule has 2 aromatic rings. The number of hydrogen-bond acceptors (Lipinski definition) is 7. The summed E-state index contributed by atoms with van der Waals surface area (Å²) in [6, 6.07) is 2.39. The molecule has 2 aliphatic heterocycles. The van der Waals surface area contributed by atoms with Crippen LogP contribution in [0.5, 0.6) is 0 Å². The molecular formula is C20H31N7O. The van der Waals surface area contributed by atoms with Crippen LogP contribution >= 0.6 is 0 Å². The van der Waals surface area contributed by atoms with E-state index in [1.54, 1.807) is 19.0 Å². The summed E-state index contributed by atoms with van der Waals surface area (Å²) in [6.07, 6.45) is 9.88. The van der Waals surface area contributed by atoms with Crippen molar-refractivity contribution in [1.82, 2.24) is 24.7 Å². The first-order chi connectivity index (χ1) is 13.7. The fraction of sp³-hybridized carbons (Fsp3) is 0.700. The van der Waals surface area contributed by atoms with Crippen LogP contribution < -0.4 is 10.2 Å². The van der Waals surface area contributed by atoms with Crippen LogP contribution in [0.15, 0.2) is 25.0 Å². The van der Waals surface area contributed by atoms with Gasteiger partial charge in [-0.1, -0.05) is 13.8 Å². The van der Waals surface area contributed by atoms with Crippen molar-refractivity contribution >= 4 is 11.6 Å². The van der Waals surface area contributed by atoms with Crippen molar-refractivity contribution in [3.05, 3.63) is 25.0 Å². The molecule has 8 nitrogen and oxygen atoms in total. The number of anilines is 2. The Kier molecular flexibility index (Phi) is 6.04. The predicted molar refractivity (Wildman–Crippen MR) is 108 cm³/mol. The molecule has 8 heteroatoms. The third kappa shape index (κ3) is 4.60. The SMILES string of the molecule is CC(C)[C@@H]1OCCC[C@H]1Nc1cc(N2CCC[C@@H](Cn3cncn3)C2)ncn1. The molecule has 0 aliphatic carbocycles. The van der Waals surface area contributed by atoms with E-state index in [0.29, 0.717) is 17.9 Å². The Morgan fingerprint density at radius 2 is 2.14 bits per heavy atom. The number of aromatic nitrogens is 5. The van der Waals surface area contributed by atoms with Crippen molar-refractivity contribution < 1.29 is 4.74 Å². The third-order valence-corrected chi connectivity index (χ3v) is 5.76. The first kappa shape index (κ1) is 19.1. The van der Waals surface area contributed by atoms with Gasteiger partial charge in [0.15, 0.2) is 0 Å². The van der Waals surface area contributed by atoms with Crippen molar-refractivity contribution in [2.24, 2.45) is 11.8 Å². The Balaban J connectivity index is 1.41. The van der Waals surface area contributed by atoms with Gasteiger partial charge in [-0.05, 0) is 37.5 Å². The predicted octanol–water partition coefficient (Wildman–Crippen LogP) is 2.60. The van der Waals surface area contributed by atoms with E-state index < -0.39 is 0 Å². The second-order valence-electron chi connectivity index (χ2n) is 8.31. The van der Waals surface area contributed by atoms with Gasteiger partial charge in [0.25, 0.3) is 0 Å². The topological polar surface area (TPSA) is 81.0 Å². The lowest BCUT2D eigenvalue weighted by Crippen LogP contribution is -2.43. The first-order valence-corrected chi connectivity index (χ1v) is 10.5. The second-order valence-corrected chi connectivity index (χ2v) is 8.31. The number of hydrogen-bond donors (Lipinski definition) is 1. The molecule has 0 radical (unpaired) electrons. The van der Waals surface area contributed by atoms with Crippen LogP contribution in [0.4, 0.5) is 11.6 Å². The number of nitrogens with zero attached hydrogens (tertiary/aromatic N) is 6. The molecule has 0 unspecified atom stereocenters. The number of nitrogens with one attached hydrogen (secondary N) is 1. The summed E-state index contributed by atoms with van der Waals surface area (Å²) in [5, 5.41) is 7.86. The van der Waals surface area contributed by atoms with Crippen molar-refractivity contribution in [3.8, 4) is 0 Å². The van der Waals surface area contributed by atoms with Gasteiger partial charge in [-0.3, -0.25) is 4.68 Å². The van der Waals surface area contributed by atoms with Crippen LogP contribution in [0.25, 0.3) is 0 Å². The Morgan fingerprint density at radius 3 is 2.96 bits per heavy atom. The van der Waals surface area contributed by atoms with Crippen LogP contribution in [-0.2, 0) is 11.3 Å². The summed E-state index contributed by atoms with van der Waals surface area (Å²) >= 11 is 0. The monoisotopic (exact) mass is 385 g/mol. The molecular weight excluding hydrogens is 354 g/mol. The zero-order valence-corrected chi connectivity index (χ0v) is 16.9. The van der Waals surface area contributed by atoms with Crippen LogP contribution in [0.1, 0.15) is 39.5 Å². The van der Waals surface area contributed by atoms with E-state index in [4.69, 9.17) is 4.74 Å². The Morgan fingerprint density at radius 1 is 1.21 bits per heavy atom. The maximum absolute atomic E-state index is 6.01. The Labute approximate surface area is 166 Å². The maximum Gasteiger partial charge on any atom is 0.137 e. The lowest BCUT2D eigenvalue weighted by Gasteiger charge is -2.36. The standard InChI is InChI=1S/C20H31N7O/c1-15(2)20-17(6-4-8-28-20)25-18-9-19(23-13-22-18)26-7-3-5-16(10-26)11-27-14-21-12-24-27/h9,12-17,20H,3-8,10-11H2,1-2H3,(H,22,23,25)/t16-,17-,20+/m1/s1. The third-order valence-electron chi connectivity index (χ3n) is 5.76. The van der Waals surface area contributed by atoms with Gasteiger partial charge in [0.2, 0.25) is 0 Å². The minimum Gasteiger partial charge on any atom is -0.376 e. The van der Waals surface area contributed by atoms with E-state index in [2.05, 4.69) is 50.2 Å². The Hall–Kier alpha value is -2.22. The van der Waals surface area contributed by atoms with Gasteiger partial charge in [0.1, 0.15) is 30.6 Å². The molecule has 28 heavy (non-hydrogen) atoms. The minimum atomic E-state index is 0.231. The van der Waals surface area contributed by atoms with Crippen molar-refractivity contribution in [2.75, 3.05) is 29.9 Å². The largest absolute Gasteiger partial charge is 0.376 e. The fourth-order valence-electron chi connectivity index (χ4n) is 4.42. The highest BCUT2D eigenvalue weighted by molar-refractivity contribution is 5.49. The molecule has 0 amide bonds. The molecule has 2 aromatic heterocycles. The van der Waals surface area contributed by atoms with Crippen LogP contribution in [-0.4, -0.2) is 56.6 Å². The molecule has 152 valence electrons. The summed E-state index contributed by atoms with van der Waals surface area (Å²) in [4.78, 5) is 15.4. The highest BCUT2D eigenvalue weighted by Gasteiger charge is 2.29. The van der Waals surface area contributed by atoms with Crippen LogP contribution in [0.3, 0.4) is 0 Å². The quantitative estimate of drug-likeness (QED) is 0.818. The van der Waals surface area contributed by atoms with Gasteiger partial charge in [0.05, 0.1) is 12.1 Å². The summed E-state index contributed by atoms with van der Waals surface area (Å²) in [6.45, 7) is 8.22. The summed E-state index contributed by atoms with van der Waals surface area (Å²) in [7, 11) is 0. The Bertz CT molecular complexity index is 736. The fourth-order valence-corrected chi connectivity index (χ4v) is 4.42. The van der Waals surface area contributed by atoms with Gasteiger partial charge in [0, 0.05) is 32.3 Å². The molecule has 3 atom stereocenters. The number of ether oxygens (including phenoxy) is 1. The molecule has 2 saturated heterocycles. The summed E-state index contributed by atoms with van der Waals surface area (Å²) in [5.74, 6) is 2.93. The van der Waals surface area contributed by atoms with Crippen molar-refractivity contribution in [1.29, 1.82) is 0 Å². The molecule has 2 aliphatic rings. The van der Waals surface area contributed by atoms with Gasteiger partial charge >= 0.3 is 0 Å². The zero-order valence-electron chi connectivity index (χ0n) is 16.9. The second kappa shape index (κ2) is 8.86. The molecule has 4 heterocycles. The number of rotatable bonds is 6. The van der Waals surface area contributed by atoms with Gasteiger partial charge in [-0.25, -0.2) is 15.0 Å². The number of piperidine rings is 1. The summed E-state index contributed by atoms with van der Waals surface area (Å²) < 4.78 is 7.93. The molecule has 0 saturated carbocycles. The smallest absolute Gasteiger partial charge is 0.137 e. The molecule has 2 fully saturated rings. The lowest BCUT2D eigenvalue weighted by molar-refractivity contribution is -0.0203. The van der Waals surface area contributed by atoms with Gasteiger partial charge in [-0.15, -0.1) is 0 Å². The lowest BCUT2D eigenvalue weighted by atomic mass is 9.93. The first-order valence-electron chi connectivity index (χ1n) is 10.5. The zero-order chi connectivity index (χ0) is 19.3. The normalized spacial score (nSPS) is 25.8. The average molecular weight is 386 g/mol. The molecule has 4 rings (SSSR count). The van der Waals surface area contributed by atoms with E-state index in [0.717, 1.165) is 57.1 Å². The average Bonchev–Trinajstić information content (AvgIpc) is 3.22. The highest BCUT2D eigenvalue weighted by Crippen LogP contribution is 2.26. The van der Waals surface area contributed by atoms with Gasteiger partial charge in [-0.2, -0.15) is 5.10 Å². The van der Waals surface area contributed by atoms with Crippen LogP contribution in [0, 0.1) is 11.8 Å². The minimum absolute atomic E-state index is 0.231. The molecule has 0 bridgehead atoms. The summed E-state index contributed by atoms with van der Waals surface area (Å²) in [5.41, 5.74) is 0. The van der Waals surface area contributed by atoms with Crippen molar-refractivity contribution in [2.45, 2.75) is 58.2 Å². The van der Waals surface area contributed by atoms with E-state index in [1.165, 1.54) is 6.42 Å². The van der Waals surface area contributed by atoms with E-state index in [1.807, 2.05) is 4.68 Å². The molecule has 0 spiro atoms. The van der Waals surface area contributed by atoms with E-state index in [9.17, 15) is 0 Å². The van der Waals surface area contributed by atoms with Crippen molar-refractivity contribution in [3.63, 3.8) is 0 Å². The van der Waals surface area contributed by atoms with Gasteiger partial charge < -0.3 is 15.0 Å². The van der Waals surface area contributed by atoms with E-state index >= 15 is 0 Å². The highest BCUT2D eigenvalue weighted by atomic mass is 16.5. The van der Waals surface area contributed by atoms with Crippen LogP contribution in [0.2, 0.25) is 0 Å². The molecule has 0 aromatic carbocycles. The van der Waals surface area contributed by atoms with E-state index in [-0.39, 0.29) is 6.10 Å². The maximum atomic E-state index is 6.01. The molecule has 1 N–H and O–H groups in total.